The number of thioether (sulfide) groups is 1. The Morgan fingerprint density at radius 1 is 1.26 bits per heavy atom. The van der Waals surface area contributed by atoms with E-state index in [9.17, 15) is 19.5 Å². The molecule has 0 radical (unpaired) electrons. The van der Waals surface area contributed by atoms with E-state index in [0.29, 0.717) is 28.6 Å². The number of carbonyl (C=O) groups excluding carboxylic acids is 2. The first-order valence-corrected chi connectivity index (χ1v) is 11.4. The predicted octanol–water partition coefficient (Wildman–Crippen LogP) is 4.23. The molecule has 1 saturated heterocycles. The maximum Gasteiger partial charge on any atom is 0.326 e. The summed E-state index contributed by atoms with van der Waals surface area (Å²) < 4.78 is 0.465. The molecule has 1 aromatic rings. The fourth-order valence-electron chi connectivity index (χ4n) is 3.11. The summed E-state index contributed by atoms with van der Waals surface area (Å²) in [4.78, 5) is 38.2. The van der Waals surface area contributed by atoms with Crippen molar-refractivity contribution in [3.63, 3.8) is 0 Å². The van der Waals surface area contributed by atoms with Crippen LogP contribution in [0.25, 0.3) is 6.08 Å². The molecule has 1 unspecified atom stereocenters. The lowest BCUT2D eigenvalue weighted by molar-refractivity contribution is -0.142. The minimum Gasteiger partial charge on any atom is -0.480 e. The smallest absolute Gasteiger partial charge is 0.326 e. The third-order valence-electron chi connectivity index (χ3n) is 4.55. The van der Waals surface area contributed by atoms with E-state index in [4.69, 9.17) is 12.2 Å². The van der Waals surface area contributed by atoms with Crippen LogP contribution < -0.4 is 5.32 Å². The molecule has 1 aromatic carbocycles. The van der Waals surface area contributed by atoms with Crippen LogP contribution in [-0.4, -0.2) is 44.7 Å². The summed E-state index contributed by atoms with van der Waals surface area (Å²) in [6, 6.07) is 8.94. The molecule has 0 aliphatic carbocycles. The predicted molar refractivity (Wildman–Crippen MR) is 128 cm³/mol. The number of allylic oxidation sites excluding steroid dienone is 2. The number of hydrogen-bond donors (Lipinski definition) is 2. The lowest BCUT2D eigenvalue weighted by Gasteiger charge is -2.17. The Kier molecular flexibility index (Phi) is 9.45. The summed E-state index contributed by atoms with van der Waals surface area (Å²) in [6.07, 6.45) is 4.72. The second-order valence-electron chi connectivity index (χ2n) is 7.82. The number of thiocarbonyl (C=S) groups is 1. The zero-order valence-corrected chi connectivity index (χ0v) is 19.6. The lowest BCUT2D eigenvalue weighted by Crippen LogP contribution is -2.41. The van der Waals surface area contributed by atoms with Gasteiger partial charge in [0, 0.05) is 13.0 Å². The molecule has 1 heterocycles. The van der Waals surface area contributed by atoms with Gasteiger partial charge in [-0.1, -0.05) is 74.2 Å². The van der Waals surface area contributed by atoms with Crippen molar-refractivity contribution in [1.82, 2.24) is 10.2 Å². The SMILES string of the molecule is CC(/C=C1\SC(=S)N(CCCC(=O)NC(CC(C)C)C(=O)O)C1=O)=C\c1ccccc1. The number of nitrogens with zero attached hydrogens (tertiary/aromatic N) is 1. The van der Waals surface area contributed by atoms with Gasteiger partial charge in [0.05, 0.1) is 4.91 Å². The van der Waals surface area contributed by atoms with Gasteiger partial charge in [-0.05, 0) is 42.9 Å². The van der Waals surface area contributed by atoms with Gasteiger partial charge in [-0.25, -0.2) is 4.79 Å². The fraction of sp³-hybridized carbons (Fsp3) is 0.391. The number of carbonyl (C=O) groups is 3. The van der Waals surface area contributed by atoms with Gasteiger partial charge in [-0.15, -0.1) is 0 Å². The highest BCUT2D eigenvalue weighted by molar-refractivity contribution is 8.26. The van der Waals surface area contributed by atoms with Crippen molar-refractivity contribution >= 4 is 52.2 Å². The first-order valence-electron chi connectivity index (χ1n) is 10.2. The molecule has 31 heavy (non-hydrogen) atoms. The Hall–Kier alpha value is -2.45. The second-order valence-corrected chi connectivity index (χ2v) is 9.50. The highest BCUT2D eigenvalue weighted by Gasteiger charge is 2.31. The molecule has 166 valence electrons. The van der Waals surface area contributed by atoms with E-state index in [1.54, 1.807) is 0 Å². The number of rotatable bonds is 10. The summed E-state index contributed by atoms with van der Waals surface area (Å²) >= 11 is 6.59. The Labute approximate surface area is 192 Å². The van der Waals surface area contributed by atoms with Crippen LogP contribution in [0.2, 0.25) is 0 Å². The summed E-state index contributed by atoms with van der Waals surface area (Å²) in [5, 5.41) is 11.8. The maximum atomic E-state index is 12.7. The van der Waals surface area contributed by atoms with Crippen molar-refractivity contribution in [3.8, 4) is 0 Å². The fourth-order valence-corrected chi connectivity index (χ4v) is 4.47. The standard InChI is InChI=1S/C23H28N2O4S2/c1-15(2)12-18(22(28)29)24-20(26)10-7-11-25-21(27)19(31-23(25)30)14-16(3)13-17-8-5-4-6-9-17/h4-6,8-9,13-15,18H,7,10-12H2,1-3H3,(H,24,26)(H,28,29)/b16-13+,19-14-. The van der Waals surface area contributed by atoms with Crippen molar-refractivity contribution in [2.24, 2.45) is 5.92 Å². The van der Waals surface area contributed by atoms with Crippen LogP contribution >= 0.6 is 24.0 Å². The van der Waals surface area contributed by atoms with Crippen LogP contribution in [0, 0.1) is 5.92 Å². The Morgan fingerprint density at radius 3 is 2.55 bits per heavy atom. The highest BCUT2D eigenvalue weighted by atomic mass is 32.2. The van der Waals surface area contributed by atoms with Crippen LogP contribution in [0.4, 0.5) is 0 Å². The summed E-state index contributed by atoms with van der Waals surface area (Å²) in [5.74, 6) is -1.39. The minimum atomic E-state index is -1.04. The third-order valence-corrected chi connectivity index (χ3v) is 5.93. The average molecular weight is 461 g/mol. The van der Waals surface area contributed by atoms with Crippen LogP contribution in [0.15, 0.2) is 46.9 Å². The quantitative estimate of drug-likeness (QED) is 0.401. The van der Waals surface area contributed by atoms with Crippen LogP contribution in [0.1, 0.15) is 45.6 Å². The van der Waals surface area contributed by atoms with E-state index in [1.807, 2.05) is 63.3 Å². The zero-order chi connectivity index (χ0) is 23.0. The topological polar surface area (TPSA) is 86.7 Å². The maximum absolute atomic E-state index is 12.7. The number of carboxylic acids is 1. The zero-order valence-electron chi connectivity index (χ0n) is 18.0. The van der Waals surface area contributed by atoms with E-state index in [-0.39, 0.29) is 24.2 Å². The van der Waals surface area contributed by atoms with E-state index in [0.717, 1.165) is 11.1 Å². The molecule has 6 nitrogen and oxygen atoms in total. The Bertz CT molecular complexity index is 894. The van der Waals surface area contributed by atoms with Crippen LogP contribution in [0.5, 0.6) is 0 Å². The van der Waals surface area contributed by atoms with Gasteiger partial charge in [0.1, 0.15) is 10.4 Å². The van der Waals surface area contributed by atoms with Gasteiger partial charge < -0.3 is 10.4 Å². The summed E-state index contributed by atoms with van der Waals surface area (Å²) in [6.45, 7) is 6.06. The first kappa shape index (κ1) is 24.8. The van der Waals surface area contributed by atoms with Crippen LogP contribution in [0.3, 0.4) is 0 Å². The van der Waals surface area contributed by atoms with Gasteiger partial charge in [-0.2, -0.15) is 0 Å². The van der Waals surface area contributed by atoms with E-state index < -0.39 is 12.0 Å². The van der Waals surface area contributed by atoms with E-state index in [1.165, 1.54) is 16.7 Å². The van der Waals surface area contributed by atoms with E-state index >= 15 is 0 Å². The number of hydrogen-bond acceptors (Lipinski definition) is 5. The van der Waals surface area contributed by atoms with Crippen molar-refractivity contribution in [2.75, 3.05) is 6.54 Å². The molecule has 8 heteroatoms. The number of amides is 2. The molecular weight excluding hydrogens is 432 g/mol. The third kappa shape index (κ3) is 7.95. The molecule has 0 spiro atoms. The highest BCUT2D eigenvalue weighted by Crippen LogP contribution is 2.32. The molecule has 0 saturated carbocycles. The van der Waals surface area contributed by atoms with Gasteiger partial charge >= 0.3 is 5.97 Å². The molecular formula is C23H28N2O4S2. The molecule has 2 amide bonds. The number of benzene rings is 1. The Balaban J connectivity index is 1.90. The summed E-state index contributed by atoms with van der Waals surface area (Å²) in [5.41, 5.74) is 1.99. The first-order chi connectivity index (χ1) is 14.7. The Morgan fingerprint density at radius 2 is 1.94 bits per heavy atom. The molecule has 1 atom stereocenters. The molecule has 2 N–H and O–H groups in total. The molecule has 0 aromatic heterocycles. The van der Waals surface area contributed by atoms with Crippen molar-refractivity contribution in [2.45, 2.75) is 46.1 Å². The molecule has 1 aliphatic heterocycles. The van der Waals surface area contributed by atoms with Crippen molar-refractivity contribution in [1.29, 1.82) is 0 Å². The number of carboxylic acid groups (broad SMARTS) is 1. The molecule has 1 aliphatic rings. The van der Waals surface area contributed by atoms with Crippen molar-refractivity contribution < 1.29 is 19.5 Å². The largest absolute Gasteiger partial charge is 0.480 e. The average Bonchev–Trinajstić information content (AvgIpc) is 2.95. The lowest BCUT2D eigenvalue weighted by atomic mass is 10.0. The molecule has 2 rings (SSSR count). The van der Waals surface area contributed by atoms with Crippen LogP contribution in [-0.2, 0) is 14.4 Å². The van der Waals surface area contributed by atoms with Gasteiger partial charge in [-0.3, -0.25) is 14.5 Å². The molecule has 1 fully saturated rings. The molecule has 0 bridgehead atoms. The second kappa shape index (κ2) is 11.8. The summed E-state index contributed by atoms with van der Waals surface area (Å²) in [7, 11) is 0. The minimum absolute atomic E-state index is 0.130. The van der Waals surface area contributed by atoms with Gasteiger partial charge in [0.2, 0.25) is 5.91 Å². The number of nitrogens with one attached hydrogen (secondary N) is 1. The number of aliphatic carboxylic acids is 1. The van der Waals surface area contributed by atoms with Gasteiger partial charge in [0.15, 0.2) is 0 Å². The van der Waals surface area contributed by atoms with E-state index in [2.05, 4.69) is 5.32 Å². The normalized spacial score (nSPS) is 16.8. The monoisotopic (exact) mass is 460 g/mol. The van der Waals surface area contributed by atoms with Crippen molar-refractivity contribution in [3.05, 3.63) is 52.4 Å². The van der Waals surface area contributed by atoms with Gasteiger partial charge in [0.25, 0.3) is 5.91 Å².